The molecule has 0 amide bonds. The first kappa shape index (κ1) is 9.72. The van der Waals surface area contributed by atoms with E-state index < -0.39 is 0 Å². The van der Waals surface area contributed by atoms with E-state index in [1.807, 2.05) is 0 Å². The van der Waals surface area contributed by atoms with Crippen molar-refractivity contribution in [3.8, 4) is 5.88 Å². The molecule has 0 unspecified atom stereocenters. The summed E-state index contributed by atoms with van der Waals surface area (Å²) in [4.78, 5) is 8.13. The van der Waals surface area contributed by atoms with Crippen LogP contribution in [0.1, 0.15) is 6.42 Å². The number of anilines is 1. The highest BCUT2D eigenvalue weighted by atomic mass is 16.5. The predicted octanol–water partition coefficient (Wildman–Crippen LogP) is 0.0727. The summed E-state index contributed by atoms with van der Waals surface area (Å²) in [5.74, 6) is 0.771. The zero-order valence-corrected chi connectivity index (χ0v) is 8.13. The Morgan fingerprint density at radius 3 is 3.20 bits per heavy atom. The van der Waals surface area contributed by atoms with E-state index in [0.717, 1.165) is 0 Å². The van der Waals surface area contributed by atoms with Crippen LogP contribution in [0.25, 0.3) is 5.65 Å². The molecule has 6 nitrogen and oxygen atoms in total. The van der Waals surface area contributed by atoms with Crippen molar-refractivity contribution in [2.75, 3.05) is 18.9 Å². The minimum atomic E-state index is 0.0903. The highest BCUT2D eigenvalue weighted by Gasteiger charge is 2.06. The minimum absolute atomic E-state index is 0.0903. The van der Waals surface area contributed by atoms with Gasteiger partial charge < -0.3 is 15.6 Å². The molecule has 2 rings (SSSR count). The van der Waals surface area contributed by atoms with E-state index in [-0.39, 0.29) is 6.61 Å². The standard InChI is InChI=1S/C9H12N4O2/c10-7-6-13-3-2-11-8(13)9(12-7)15-5-1-4-14/h2-3,6,14H,1,4-5,10H2. The highest BCUT2D eigenvalue weighted by molar-refractivity contribution is 5.52. The lowest BCUT2D eigenvalue weighted by Gasteiger charge is -2.06. The molecule has 0 radical (unpaired) electrons. The van der Waals surface area contributed by atoms with Gasteiger partial charge in [-0.1, -0.05) is 0 Å². The molecule has 0 atom stereocenters. The molecule has 0 aliphatic heterocycles. The summed E-state index contributed by atoms with van der Waals surface area (Å²) in [6.45, 7) is 0.489. The molecule has 2 aromatic heterocycles. The SMILES string of the molecule is Nc1cn2ccnc2c(OCCCO)n1. The van der Waals surface area contributed by atoms with Crippen LogP contribution in [-0.4, -0.2) is 32.7 Å². The zero-order valence-electron chi connectivity index (χ0n) is 8.13. The topological polar surface area (TPSA) is 85.7 Å². The average molecular weight is 208 g/mol. The van der Waals surface area contributed by atoms with Crippen molar-refractivity contribution in [3.05, 3.63) is 18.6 Å². The number of aliphatic hydroxyl groups excluding tert-OH is 1. The Morgan fingerprint density at radius 2 is 2.40 bits per heavy atom. The maximum Gasteiger partial charge on any atom is 0.260 e. The van der Waals surface area contributed by atoms with E-state index >= 15 is 0 Å². The van der Waals surface area contributed by atoms with Crippen LogP contribution < -0.4 is 10.5 Å². The van der Waals surface area contributed by atoms with Gasteiger partial charge in [0.1, 0.15) is 5.82 Å². The van der Waals surface area contributed by atoms with Gasteiger partial charge in [-0.2, -0.15) is 4.98 Å². The second kappa shape index (κ2) is 4.14. The van der Waals surface area contributed by atoms with E-state index in [4.69, 9.17) is 15.6 Å². The van der Waals surface area contributed by atoms with Gasteiger partial charge in [-0.15, -0.1) is 0 Å². The van der Waals surface area contributed by atoms with Gasteiger partial charge in [-0.3, -0.25) is 4.40 Å². The van der Waals surface area contributed by atoms with Crippen LogP contribution in [0, 0.1) is 0 Å². The number of fused-ring (bicyclic) bond motifs is 1. The average Bonchev–Trinajstić information content (AvgIpc) is 2.65. The second-order valence-electron chi connectivity index (χ2n) is 3.05. The van der Waals surface area contributed by atoms with Crippen LogP contribution >= 0.6 is 0 Å². The van der Waals surface area contributed by atoms with Gasteiger partial charge in [-0.25, -0.2) is 4.98 Å². The Hall–Kier alpha value is -1.82. The molecule has 0 saturated carbocycles. The highest BCUT2D eigenvalue weighted by Crippen LogP contribution is 2.16. The van der Waals surface area contributed by atoms with Crippen LogP contribution in [-0.2, 0) is 0 Å². The van der Waals surface area contributed by atoms with Crippen molar-refractivity contribution in [1.82, 2.24) is 14.4 Å². The molecule has 0 fully saturated rings. The van der Waals surface area contributed by atoms with Gasteiger partial charge in [0.25, 0.3) is 5.88 Å². The third-order valence-electron chi connectivity index (χ3n) is 1.90. The van der Waals surface area contributed by atoms with Gasteiger partial charge in [0.15, 0.2) is 0 Å². The van der Waals surface area contributed by atoms with Crippen LogP contribution in [0.3, 0.4) is 0 Å². The Balaban J connectivity index is 2.27. The summed E-state index contributed by atoms with van der Waals surface area (Å²) >= 11 is 0. The smallest absolute Gasteiger partial charge is 0.260 e. The quantitative estimate of drug-likeness (QED) is 0.694. The summed E-state index contributed by atoms with van der Waals surface area (Å²) in [7, 11) is 0. The lowest BCUT2D eigenvalue weighted by molar-refractivity contribution is 0.230. The number of nitrogen functional groups attached to an aromatic ring is 1. The molecular weight excluding hydrogens is 196 g/mol. The van der Waals surface area contributed by atoms with Crippen LogP contribution in [0.5, 0.6) is 5.88 Å². The number of aliphatic hydroxyl groups is 1. The number of hydrogen-bond acceptors (Lipinski definition) is 5. The van der Waals surface area contributed by atoms with Crippen LogP contribution in [0.4, 0.5) is 5.82 Å². The first-order chi connectivity index (χ1) is 7.31. The molecule has 0 bridgehead atoms. The number of ether oxygens (including phenoxy) is 1. The van der Waals surface area contributed by atoms with E-state index in [1.54, 1.807) is 23.0 Å². The summed E-state index contributed by atoms with van der Waals surface area (Å²) in [5.41, 5.74) is 6.23. The lowest BCUT2D eigenvalue weighted by Crippen LogP contribution is -2.05. The normalized spacial score (nSPS) is 10.7. The lowest BCUT2D eigenvalue weighted by atomic mass is 10.5. The Kier molecular flexibility index (Phi) is 2.68. The molecule has 15 heavy (non-hydrogen) atoms. The fourth-order valence-electron chi connectivity index (χ4n) is 1.25. The molecule has 0 spiro atoms. The number of hydrogen-bond donors (Lipinski definition) is 2. The van der Waals surface area contributed by atoms with Gasteiger partial charge in [-0.05, 0) is 0 Å². The first-order valence-electron chi connectivity index (χ1n) is 4.64. The Bertz CT molecular complexity index is 454. The maximum absolute atomic E-state index is 8.63. The van der Waals surface area contributed by atoms with Gasteiger partial charge in [0.2, 0.25) is 5.65 Å². The molecule has 3 N–H and O–H groups in total. The van der Waals surface area contributed by atoms with Crippen molar-refractivity contribution >= 4 is 11.5 Å². The Labute approximate surface area is 86.3 Å². The maximum atomic E-state index is 8.63. The fourth-order valence-corrected chi connectivity index (χ4v) is 1.25. The number of aromatic nitrogens is 3. The number of imidazole rings is 1. The largest absolute Gasteiger partial charge is 0.475 e. The summed E-state index contributed by atoms with van der Waals surface area (Å²) < 4.78 is 7.11. The summed E-state index contributed by atoms with van der Waals surface area (Å²) in [5, 5.41) is 8.63. The third-order valence-corrected chi connectivity index (χ3v) is 1.90. The molecular formula is C9H12N4O2. The summed E-state index contributed by atoms with van der Waals surface area (Å²) in [6.07, 6.45) is 5.65. The van der Waals surface area contributed by atoms with Crippen LogP contribution in [0.15, 0.2) is 18.6 Å². The third kappa shape index (κ3) is 1.99. The Morgan fingerprint density at radius 1 is 1.53 bits per heavy atom. The van der Waals surface area contributed by atoms with E-state index in [9.17, 15) is 0 Å². The number of rotatable bonds is 4. The summed E-state index contributed by atoms with van der Waals surface area (Å²) in [6, 6.07) is 0. The molecule has 6 heteroatoms. The van der Waals surface area contributed by atoms with Gasteiger partial charge >= 0.3 is 0 Å². The van der Waals surface area contributed by atoms with E-state index in [0.29, 0.717) is 30.4 Å². The number of nitrogens with two attached hydrogens (primary N) is 1. The monoisotopic (exact) mass is 208 g/mol. The molecule has 80 valence electrons. The minimum Gasteiger partial charge on any atom is -0.475 e. The van der Waals surface area contributed by atoms with Crippen molar-refractivity contribution in [1.29, 1.82) is 0 Å². The van der Waals surface area contributed by atoms with Crippen molar-refractivity contribution < 1.29 is 9.84 Å². The van der Waals surface area contributed by atoms with Crippen LogP contribution in [0.2, 0.25) is 0 Å². The molecule has 0 aliphatic carbocycles. The van der Waals surface area contributed by atoms with E-state index in [2.05, 4.69) is 9.97 Å². The van der Waals surface area contributed by atoms with Crippen molar-refractivity contribution in [3.63, 3.8) is 0 Å². The predicted molar refractivity (Wildman–Crippen MR) is 54.6 cm³/mol. The number of nitrogens with zero attached hydrogens (tertiary/aromatic N) is 3. The fraction of sp³-hybridized carbons (Fsp3) is 0.333. The van der Waals surface area contributed by atoms with Crippen molar-refractivity contribution in [2.45, 2.75) is 6.42 Å². The first-order valence-corrected chi connectivity index (χ1v) is 4.64. The molecule has 0 aromatic carbocycles. The molecule has 2 aromatic rings. The zero-order chi connectivity index (χ0) is 10.7. The molecule has 2 heterocycles. The van der Waals surface area contributed by atoms with Gasteiger partial charge in [0, 0.05) is 25.4 Å². The second-order valence-corrected chi connectivity index (χ2v) is 3.05. The van der Waals surface area contributed by atoms with Gasteiger partial charge in [0.05, 0.1) is 12.8 Å². The molecule has 0 aliphatic rings. The van der Waals surface area contributed by atoms with E-state index in [1.165, 1.54) is 0 Å². The van der Waals surface area contributed by atoms with Crippen molar-refractivity contribution in [2.24, 2.45) is 0 Å². The molecule has 0 saturated heterocycles.